The number of halogens is 1. The molecule has 0 bridgehead atoms. The second-order valence-electron chi connectivity index (χ2n) is 5.13. The van der Waals surface area contributed by atoms with Crippen molar-refractivity contribution < 1.29 is 4.79 Å². The van der Waals surface area contributed by atoms with Crippen molar-refractivity contribution in [2.24, 2.45) is 11.8 Å². The Morgan fingerprint density at radius 1 is 1.68 bits per heavy atom. The highest BCUT2D eigenvalue weighted by molar-refractivity contribution is 7.13. The molecule has 6 heteroatoms. The van der Waals surface area contributed by atoms with Crippen molar-refractivity contribution in [2.75, 3.05) is 18.4 Å². The van der Waals surface area contributed by atoms with Crippen LogP contribution in [-0.4, -0.2) is 24.0 Å². The average molecular weight is 304 g/mol. The van der Waals surface area contributed by atoms with Crippen molar-refractivity contribution in [1.29, 1.82) is 0 Å². The fraction of sp³-hybridized carbons (Fsp3) is 0.692. The summed E-state index contributed by atoms with van der Waals surface area (Å²) in [6.07, 6.45) is 3.05. The lowest BCUT2D eigenvalue weighted by Gasteiger charge is -2.27. The van der Waals surface area contributed by atoms with Crippen LogP contribution in [0.3, 0.4) is 0 Å². The Balaban J connectivity index is 0.00000180. The first kappa shape index (κ1) is 16.4. The van der Waals surface area contributed by atoms with E-state index >= 15 is 0 Å². The van der Waals surface area contributed by atoms with Gasteiger partial charge in [0.05, 0.1) is 5.69 Å². The van der Waals surface area contributed by atoms with Crippen LogP contribution < -0.4 is 10.6 Å². The van der Waals surface area contributed by atoms with Gasteiger partial charge < -0.3 is 10.6 Å². The van der Waals surface area contributed by atoms with Gasteiger partial charge in [-0.2, -0.15) is 0 Å². The number of amides is 1. The Labute approximate surface area is 124 Å². The number of nitrogens with zero attached hydrogens (tertiary/aromatic N) is 1. The predicted molar refractivity (Wildman–Crippen MR) is 82.1 cm³/mol. The topological polar surface area (TPSA) is 54.0 Å². The van der Waals surface area contributed by atoms with Crippen LogP contribution in [0.15, 0.2) is 5.38 Å². The molecule has 2 N–H and O–H groups in total. The number of hydrogen-bond donors (Lipinski definition) is 2. The van der Waals surface area contributed by atoms with Crippen molar-refractivity contribution in [2.45, 2.75) is 33.1 Å². The molecular weight excluding hydrogens is 282 g/mol. The van der Waals surface area contributed by atoms with Crippen molar-refractivity contribution >= 4 is 34.8 Å². The number of aryl methyl sites for hydroxylation is 1. The van der Waals surface area contributed by atoms with Crippen molar-refractivity contribution in [1.82, 2.24) is 10.3 Å². The average Bonchev–Trinajstić information content (AvgIpc) is 2.75. The fourth-order valence-corrected chi connectivity index (χ4v) is 3.11. The first-order chi connectivity index (χ1) is 8.65. The van der Waals surface area contributed by atoms with E-state index < -0.39 is 0 Å². The molecule has 1 fully saturated rings. The summed E-state index contributed by atoms with van der Waals surface area (Å²) < 4.78 is 0. The highest BCUT2D eigenvalue weighted by Gasteiger charge is 2.22. The first-order valence-corrected chi connectivity index (χ1v) is 7.46. The second-order valence-corrected chi connectivity index (χ2v) is 5.99. The second kappa shape index (κ2) is 7.82. The highest BCUT2D eigenvalue weighted by atomic mass is 35.5. The molecule has 1 aliphatic heterocycles. The Kier molecular flexibility index (Phi) is 6.75. The molecule has 0 saturated carbocycles. The van der Waals surface area contributed by atoms with Gasteiger partial charge in [-0.25, -0.2) is 4.98 Å². The third-order valence-electron chi connectivity index (χ3n) is 3.51. The maximum Gasteiger partial charge on any atom is 0.226 e. The lowest BCUT2D eigenvalue weighted by Crippen LogP contribution is -2.34. The van der Waals surface area contributed by atoms with E-state index in [0.29, 0.717) is 23.4 Å². The minimum absolute atomic E-state index is 0. The molecule has 1 aromatic heterocycles. The summed E-state index contributed by atoms with van der Waals surface area (Å²) in [5.74, 6) is 1.14. The number of hydrogen-bond acceptors (Lipinski definition) is 4. The van der Waals surface area contributed by atoms with E-state index in [1.807, 2.05) is 12.3 Å². The van der Waals surface area contributed by atoms with Gasteiger partial charge in [0.25, 0.3) is 0 Å². The third kappa shape index (κ3) is 5.09. The smallest absolute Gasteiger partial charge is 0.226 e. The van der Waals surface area contributed by atoms with Crippen LogP contribution >= 0.6 is 23.7 Å². The Hall–Kier alpha value is -0.650. The van der Waals surface area contributed by atoms with Gasteiger partial charge in [0.15, 0.2) is 5.13 Å². The molecule has 2 unspecified atom stereocenters. The zero-order valence-corrected chi connectivity index (χ0v) is 13.1. The van der Waals surface area contributed by atoms with Crippen LogP contribution in [0.1, 0.15) is 31.9 Å². The zero-order valence-electron chi connectivity index (χ0n) is 11.4. The molecule has 0 aromatic carbocycles. The molecule has 1 aromatic rings. The summed E-state index contributed by atoms with van der Waals surface area (Å²) in [5, 5.41) is 8.94. The van der Waals surface area contributed by atoms with Gasteiger partial charge in [-0.3, -0.25) is 4.79 Å². The number of thiazole rings is 1. The lowest BCUT2D eigenvalue weighted by molar-refractivity contribution is -0.117. The van der Waals surface area contributed by atoms with Gasteiger partial charge in [-0.05, 0) is 44.7 Å². The van der Waals surface area contributed by atoms with E-state index in [-0.39, 0.29) is 18.3 Å². The minimum atomic E-state index is 0. The van der Waals surface area contributed by atoms with Crippen molar-refractivity contribution in [3.05, 3.63) is 11.1 Å². The maximum absolute atomic E-state index is 11.9. The van der Waals surface area contributed by atoms with Gasteiger partial charge in [0.1, 0.15) is 0 Å². The molecule has 1 amide bonds. The predicted octanol–water partition coefficient (Wildman–Crippen LogP) is 2.84. The van der Waals surface area contributed by atoms with E-state index in [0.717, 1.165) is 18.8 Å². The molecular formula is C13H22ClN3OS. The lowest BCUT2D eigenvalue weighted by atomic mass is 9.85. The van der Waals surface area contributed by atoms with E-state index in [1.165, 1.54) is 24.2 Å². The van der Waals surface area contributed by atoms with Crippen LogP contribution in [0.25, 0.3) is 0 Å². The summed E-state index contributed by atoms with van der Waals surface area (Å²) in [5.41, 5.74) is 0.958. The summed E-state index contributed by atoms with van der Waals surface area (Å²) in [4.78, 5) is 16.2. The molecule has 4 nitrogen and oxygen atoms in total. The van der Waals surface area contributed by atoms with Crippen LogP contribution in [0.2, 0.25) is 0 Å². The van der Waals surface area contributed by atoms with E-state index in [9.17, 15) is 4.79 Å². The van der Waals surface area contributed by atoms with Gasteiger partial charge in [0, 0.05) is 11.8 Å². The maximum atomic E-state index is 11.9. The molecule has 108 valence electrons. The van der Waals surface area contributed by atoms with Gasteiger partial charge >= 0.3 is 0 Å². The highest BCUT2D eigenvalue weighted by Crippen LogP contribution is 2.23. The molecule has 19 heavy (non-hydrogen) atoms. The van der Waals surface area contributed by atoms with Crippen LogP contribution in [0, 0.1) is 18.8 Å². The van der Waals surface area contributed by atoms with E-state index in [1.54, 1.807) is 0 Å². The summed E-state index contributed by atoms with van der Waals surface area (Å²) >= 11 is 1.49. The van der Waals surface area contributed by atoms with Crippen LogP contribution in [0.5, 0.6) is 0 Å². The minimum Gasteiger partial charge on any atom is -0.316 e. The third-order valence-corrected chi connectivity index (χ3v) is 4.39. The van der Waals surface area contributed by atoms with Gasteiger partial charge in [-0.15, -0.1) is 23.7 Å². The fourth-order valence-electron chi connectivity index (χ4n) is 2.41. The standard InChI is InChI=1S/C13H21N3OS.ClH/c1-9(11-4-3-5-14-7-11)6-12(17)16-13-15-10(2)8-18-13;/h8-9,11,14H,3-7H2,1-2H3,(H,15,16,17);1H. The van der Waals surface area contributed by atoms with E-state index in [2.05, 4.69) is 22.5 Å². The monoisotopic (exact) mass is 303 g/mol. The summed E-state index contributed by atoms with van der Waals surface area (Å²) in [6, 6.07) is 0. The molecule has 1 saturated heterocycles. The normalized spacial score (nSPS) is 20.4. The van der Waals surface area contributed by atoms with Crippen LogP contribution in [0.4, 0.5) is 5.13 Å². The first-order valence-electron chi connectivity index (χ1n) is 6.58. The molecule has 2 heterocycles. The number of piperidine rings is 1. The largest absolute Gasteiger partial charge is 0.316 e. The molecule has 2 atom stereocenters. The molecule has 0 spiro atoms. The molecule has 0 aliphatic carbocycles. The van der Waals surface area contributed by atoms with Crippen LogP contribution in [-0.2, 0) is 4.79 Å². The summed E-state index contributed by atoms with van der Waals surface area (Å²) in [6.45, 7) is 6.27. The van der Waals surface area contributed by atoms with Gasteiger partial charge in [-0.1, -0.05) is 6.92 Å². The number of carbonyl (C=O) groups is 1. The summed E-state index contributed by atoms with van der Waals surface area (Å²) in [7, 11) is 0. The molecule has 2 rings (SSSR count). The Morgan fingerprint density at radius 2 is 2.47 bits per heavy atom. The Morgan fingerprint density at radius 3 is 3.05 bits per heavy atom. The van der Waals surface area contributed by atoms with E-state index in [4.69, 9.17) is 0 Å². The zero-order chi connectivity index (χ0) is 13.0. The number of rotatable bonds is 4. The molecule has 0 radical (unpaired) electrons. The van der Waals surface area contributed by atoms with Gasteiger partial charge in [0.2, 0.25) is 5.91 Å². The van der Waals surface area contributed by atoms with Crippen molar-refractivity contribution in [3.8, 4) is 0 Å². The Bertz CT molecular complexity index is 404. The molecule has 1 aliphatic rings. The number of aromatic nitrogens is 1. The number of nitrogens with one attached hydrogen (secondary N) is 2. The van der Waals surface area contributed by atoms with Crippen molar-refractivity contribution in [3.63, 3.8) is 0 Å². The quantitative estimate of drug-likeness (QED) is 0.899. The SMILES string of the molecule is Cc1csc(NC(=O)CC(C)C2CCCNC2)n1.Cl. The number of carbonyl (C=O) groups excluding carboxylic acids is 1. The number of anilines is 1.